The molecule has 0 heterocycles. The highest BCUT2D eigenvalue weighted by molar-refractivity contribution is 7.92. The van der Waals surface area contributed by atoms with E-state index in [1.54, 1.807) is 56.3 Å². The van der Waals surface area contributed by atoms with Crippen LogP contribution in [0.2, 0.25) is 10.0 Å². The van der Waals surface area contributed by atoms with Crippen molar-refractivity contribution in [1.29, 1.82) is 0 Å². The van der Waals surface area contributed by atoms with Gasteiger partial charge < -0.3 is 10.2 Å². The summed E-state index contributed by atoms with van der Waals surface area (Å²) in [7, 11) is -2.66. The highest BCUT2D eigenvalue weighted by Gasteiger charge is 2.33. The van der Waals surface area contributed by atoms with Crippen molar-refractivity contribution in [2.75, 3.05) is 17.9 Å². The molecule has 0 saturated heterocycles. The molecular formula is C28H31Cl2N3O4S. The van der Waals surface area contributed by atoms with Gasteiger partial charge in [0.05, 0.1) is 10.6 Å². The number of amides is 2. The Morgan fingerprint density at radius 3 is 2.13 bits per heavy atom. The summed E-state index contributed by atoms with van der Waals surface area (Å²) < 4.78 is 28.9. The lowest BCUT2D eigenvalue weighted by atomic mass is 10.1. The Morgan fingerprint density at radius 2 is 1.55 bits per heavy atom. The van der Waals surface area contributed by atoms with Crippen LogP contribution in [0.15, 0.2) is 65.6 Å². The lowest BCUT2D eigenvalue weighted by Crippen LogP contribution is -2.50. The van der Waals surface area contributed by atoms with Gasteiger partial charge in [-0.15, -0.1) is 0 Å². The molecule has 0 fully saturated rings. The van der Waals surface area contributed by atoms with Gasteiger partial charge in [0.2, 0.25) is 11.8 Å². The van der Waals surface area contributed by atoms with Crippen LogP contribution in [0.3, 0.4) is 0 Å². The van der Waals surface area contributed by atoms with Gasteiger partial charge in [-0.1, -0.05) is 64.7 Å². The van der Waals surface area contributed by atoms with E-state index in [1.165, 1.54) is 24.1 Å². The monoisotopic (exact) mass is 575 g/mol. The van der Waals surface area contributed by atoms with Crippen LogP contribution in [0.5, 0.6) is 0 Å². The van der Waals surface area contributed by atoms with E-state index < -0.39 is 34.4 Å². The maximum atomic E-state index is 13.9. The molecule has 0 aliphatic carbocycles. The zero-order chi connectivity index (χ0) is 28.2. The largest absolute Gasteiger partial charge is 0.357 e. The van der Waals surface area contributed by atoms with Crippen LogP contribution < -0.4 is 9.62 Å². The van der Waals surface area contributed by atoms with Gasteiger partial charge in [0.1, 0.15) is 12.6 Å². The van der Waals surface area contributed by atoms with Crippen LogP contribution in [-0.2, 0) is 26.2 Å². The molecule has 3 rings (SSSR count). The van der Waals surface area contributed by atoms with Crippen LogP contribution in [0.25, 0.3) is 0 Å². The topological polar surface area (TPSA) is 86.8 Å². The highest BCUT2D eigenvalue weighted by atomic mass is 35.5. The number of benzene rings is 3. The van der Waals surface area contributed by atoms with Gasteiger partial charge in [0, 0.05) is 23.6 Å². The van der Waals surface area contributed by atoms with Crippen molar-refractivity contribution in [2.45, 2.75) is 45.2 Å². The van der Waals surface area contributed by atoms with E-state index in [-0.39, 0.29) is 11.4 Å². The van der Waals surface area contributed by atoms with Gasteiger partial charge in [-0.2, -0.15) is 0 Å². The first-order valence-electron chi connectivity index (χ1n) is 12.0. The number of halogens is 2. The molecule has 1 N–H and O–H groups in total. The molecule has 0 radical (unpaired) electrons. The summed E-state index contributed by atoms with van der Waals surface area (Å²) in [6, 6.07) is 15.7. The van der Waals surface area contributed by atoms with Crippen LogP contribution in [0.4, 0.5) is 5.69 Å². The van der Waals surface area contributed by atoms with E-state index in [1.807, 2.05) is 19.9 Å². The molecule has 1 atom stereocenters. The van der Waals surface area contributed by atoms with Crippen molar-refractivity contribution in [1.82, 2.24) is 10.2 Å². The zero-order valence-corrected chi connectivity index (χ0v) is 24.3. The predicted octanol–water partition coefficient (Wildman–Crippen LogP) is 5.28. The number of nitrogens with one attached hydrogen (secondary N) is 1. The first kappa shape index (κ1) is 29.5. The predicted molar refractivity (Wildman–Crippen MR) is 152 cm³/mol. The van der Waals surface area contributed by atoms with Gasteiger partial charge in [0.25, 0.3) is 10.0 Å². The molecule has 10 heteroatoms. The summed E-state index contributed by atoms with van der Waals surface area (Å²) in [4.78, 5) is 27.8. The van der Waals surface area contributed by atoms with E-state index in [9.17, 15) is 18.0 Å². The number of carbonyl (C=O) groups excluding carboxylic acids is 2. The number of carbonyl (C=O) groups is 2. The number of aryl methyl sites for hydroxylation is 3. The molecule has 0 saturated carbocycles. The fourth-order valence-electron chi connectivity index (χ4n) is 4.06. The highest BCUT2D eigenvalue weighted by Crippen LogP contribution is 2.29. The lowest BCUT2D eigenvalue weighted by molar-refractivity contribution is -0.139. The van der Waals surface area contributed by atoms with Crippen molar-refractivity contribution in [2.24, 2.45) is 0 Å². The summed E-state index contributed by atoms with van der Waals surface area (Å²) in [6.07, 6.45) is 0. The number of nitrogens with zero attached hydrogens (tertiary/aromatic N) is 2. The Balaban J connectivity index is 2.08. The van der Waals surface area contributed by atoms with Crippen molar-refractivity contribution in [3.05, 3.63) is 93.0 Å². The Kier molecular flexibility index (Phi) is 9.46. The molecule has 0 aliphatic heterocycles. The van der Waals surface area contributed by atoms with Crippen molar-refractivity contribution in [3.8, 4) is 0 Å². The smallest absolute Gasteiger partial charge is 0.264 e. The van der Waals surface area contributed by atoms with Crippen LogP contribution in [0.1, 0.15) is 29.2 Å². The molecule has 0 bridgehead atoms. The molecule has 3 aromatic carbocycles. The van der Waals surface area contributed by atoms with Gasteiger partial charge in [-0.05, 0) is 69.2 Å². The average molecular weight is 577 g/mol. The van der Waals surface area contributed by atoms with Gasteiger partial charge in [-0.3, -0.25) is 13.9 Å². The van der Waals surface area contributed by atoms with Gasteiger partial charge in [-0.25, -0.2) is 8.42 Å². The van der Waals surface area contributed by atoms with E-state index in [4.69, 9.17) is 23.2 Å². The first-order chi connectivity index (χ1) is 17.8. The molecule has 0 unspecified atom stereocenters. The van der Waals surface area contributed by atoms with Gasteiger partial charge in [0.15, 0.2) is 0 Å². The molecule has 7 nitrogen and oxygen atoms in total. The molecule has 3 aromatic rings. The molecule has 0 aliphatic rings. The maximum absolute atomic E-state index is 13.9. The SMILES string of the molecule is CNC(=O)[C@H](C)N(Cc1ccc(Cl)cc1Cl)C(=O)CN(c1ccc(C)cc1C)S(=O)(=O)c1ccc(C)cc1. The van der Waals surface area contributed by atoms with Crippen LogP contribution in [-0.4, -0.2) is 44.8 Å². The molecule has 0 aromatic heterocycles. The fraction of sp³-hybridized carbons (Fsp3) is 0.286. The summed E-state index contributed by atoms with van der Waals surface area (Å²) in [5, 5.41) is 3.32. The zero-order valence-electron chi connectivity index (χ0n) is 22.0. The number of sulfonamides is 1. The number of hydrogen-bond acceptors (Lipinski definition) is 4. The summed E-state index contributed by atoms with van der Waals surface area (Å²) in [5.41, 5.74) is 3.50. The Bertz CT molecular complexity index is 1440. The normalized spacial score (nSPS) is 12.1. The second kappa shape index (κ2) is 12.2. The lowest BCUT2D eigenvalue weighted by Gasteiger charge is -2.32. The van der Waals surface area contributed by atoms with Crippen molar-refractivity contribution in [3.63, 3.8) is 0 Å². The van der Waals surface area contributed by atoms with E-state index in [2.05, 4.69) is 5.32 Å². The van der Waals surface area contributed by atoms with E-state index >= 15 is 0 Å². The maximum Gasteiger partial charge on any atom is 0.264 e. The molecular weight excluding hydrogens is 545 g/mol. The molecule has 202 valence electrons. The minimum Gasteiger partial charge on any atom is -0.357 e. The number of rotatable bonds is 9. The number of likely N-dealkylation sites (N-methyl/N-ethyl adjacent to an activating group) is 1. The Morgan fingerprint density at radius 1 is 0.921 bits per heavy atom. The molecule has 38 heavy (non-hydrogen) atoms. The standard InChI is InChI=1S/C28H31Cl2N3O4S/c1-18-6-11-24(12-7-18)38(36,37)33(26-13-8-19(2)14-20(26)3)17-27(34)32(21(4)28(35)31-5)16-22-9-10-23(29)15-25(22)30/h6-15,21H,16-17H2,1-5H3,(H,31,35)/t21-/m0/s1. The second-order valence-corrected chi connectivity index (χ2v) is 11.9. The summed E-state index contributed by atoms with van der Waals surface area (Å²) in [6.45, 7) is 6.60. The van der Waals surface area contributed by atoms with Crippen molar-refractivity contribution >= 4 is 50.7 Å². The van der Waals surface area contributed by atoms with Crippen LogP contribution >= 0.6 is 23.2 Å². The van der Waals surface area contributed by atoms with E-state index in [0.717, 1.165) is 15.4 Å². The second-order valence-electron chi connectivity index (χ2n) is 9.16. The summed E-state index contributed by atoms with van der Waals surface area (Å²) in [5.74, 6) is -0.967. The third-order valence-corrected chi connectivity index (χ3v) is 8.64. The fourth-order valence-corrected chi connectivity index (χ4v) is 6.01. The first-order valence-corrected chi connectivity index (χ1v) is 14.2. The number of hydrogen-bond donors (Lipinski definition) is 1. The summed E-state index contributed by atoms with van der Waals surface area (Å²) >= 11 is 12.4. The molecule has 0 spiro atoms. The quantitative estimate of drug-likeness (QED) is 0.376. The number of anilines is 1. The van der Waals surface area contributed by atoms with E-state index in [0.29, 0.717) is 26.9 Å². The van der Waals surface area contributed by atoms with Crippen LogP contribution in [0, 0.1) is 20.8 Å². The average Bonchev–Trinajstić information content (AvgIpc) is 2.86. The Labute approximate surface area is 234 Å². The minimum atomic E-state index is -4.13. The molecule has 2 amide bonds. The van der Waals surface area contributed by atoms with Gasteiger partial charge >= 0.3 is 0 Å². The third kappa shape index (κ3) is 6.67. The minimum absolute atomic E-state index is 0.0191. The Hall–Kier alpha value is -3.07. The van der Waals surface area contributed by atoms with Crippen molar-refractivity contribution < 1.29 is 18.0 Å². The third-order valence-electron chi connectivity index (χ3n) is 6.28.